The Morgan fingerprint density at radius 1 is 0.879 bits per heavy atom. The van der Waals surface area contributed by atoms with E-state index in [0.29, 0.717) is 0 Å². The number of hydrogen-bond donors (Lipinski definition) is 2. The van der Waals surface area contributed by atoms with Crippen LogP contribution in [0.15, 0.2) is 71.6 Å². The number of rotatable bonds is 5. The minimum atomic E-state index is -4.45. The lowest BCUT2D eigenvalue weighted by atomic mass is 10.0. The lowest BCUT2D eigenvalue weighted by Gasteiger charge is -2.14. The molecule has 0 aliphatic carbocycles. The number of sulfonamides is 1. The van der Waals surface area contributed by atoms with Gasteiger partial charge in [0.2, 0.25) is 0 Å². The Morgan fingerprint density at radius 3 is 2.18 bits per heavy atom. The standard InChI is InChI=1S/C23H16N2O7S/c1-13-6-9-15(10-7-13)33(31,32)25-21(27)16-11-8-14(12-18(16)22(25)28)20(26)24-19-5-3-2-4-17(19)23(29)30/h2-12H,1H3,(H,24,26)(H,29,30). The minimum absolute atomic E-state index is 0.0430. The predicted molar refractivity (Wildman–Crippen MR) is 117 cm³/mol. The van der Waals surface area contributed by atoms with Crippen molar-refractivity contribution in [2.24, 2.45) is 0 Å². The number of para-hydroxylation sites is 1. The summed E-state index contributed by atoms with van der Waals surface area (Å²) in [5, 5.41) is 11.7. The normalized spacial score (nSPS) is 13.1. The second kappa shape index (κ2) is 7.99. The van der Waals surface area contributed by atoms with E-state index in [1.54, 1.807) is 25.1 Å². The number of carbonyl (C=O) groups is 4. The third-order valence-corrected chi connectivity index (χ3v) is 6.76. The number of aromatic carboxylic acids is 1. The topological polar surface area (TPSA) is 138 Å². The van der Waals surface area contributed by atoms with Crippen LogP contribution in [0.1, 0.15) is 47.0 Å². The fourth-order valence-corrected chi connectivity index (χ4v) is 4.69. The number of carboxylic acids is 1. The summed E-state index contributed by atoms with van der Waals surface area (Å²) < 4.78 is 26.1. The highest BCUT2D eigenvalue weighted by molar-refractivity contribution is 7.90. The molecule has 3 aromatic carbocycles. The summed E-state index contributed by atoms with van der Waals surface area (Å²) in [6.45, 7) is 1.76. The number of nitrogens with zero attached hydrogens (tertiary/aromatic N) is 1. The van der Waals surface area contributed by atoms with E-state index in [1.807, 2.05) is 0 Å². The van der Waals surface area contributed by atoms with Gasteiger partial charge in [-0.2, -0.15) is 4.31 Å². The molecule has 0 spiro atoms. The molecule has 2 N–H and O–H groups in total. The van der Waals surface area contributed by atoms with Crippen LogP contribution < -0.4 is 5.32 Å². The molecule has 4 rings (SSSR count). The zero-order valence-corrected chi connectivity index (χ0v) is 17.9. The van der Waals surface area contributed by atoms with Crippen LogP contribution in [0.5, 0.6) is 0 Å². The van der Waals surface area contributed by atoms with Crippen LogP contribution in [0.3, 0.4) is 0 Å². The van der Waals surface area contributed by atoms with E-state index in [2.05, 4.69) is 5.32 Å². The number of anilines is 1. The second-order valence-corrected chi connectivity index (χ2v) is 9.04. The molecule has 0 unspecified atom stereocenters. The molecule has 0 saturated carbocycles. The summed E-state index contributed by atoms with van der Waals surface area (Å²) >= 11 is 0. The van der Waals surface area contributed by atoms with Crippen molar-refractivity contribution in [1.82, 2.24) is 4.31 Å². The second-order valence-electron chi connectivity index (χ2n) is 7.26. The van der Waals surface area contributed by atoms with Gasteiger partial charge in [0.15, 0.2) is 0 Å². The van der Waals surface area contributed by atoms with Gasteiger partial charge in [0, 0.05) is 5.56 Å². The first-order valence-electron chi connectivity index (χ1n) is 9.59. The molecule has 0 radical (unpaired) electrons. The maximum absolute atomic E-state index is 12.9. The van der Waals surface area contributed by atoms with E-state index >= 15 is 0 Å². The van der Waals surface area contributed by atoms with Crippen LogP contribution in [-0.4, -0.2) is 41.5 Å². The Bertz CT molecular complexity index is 1440. The van der Waals surface area contributed by atoms with Gasteiger partial charge in [-0.25, -0.2) is 13.2 Å². The number of benzene rings is 3. The van der Waals surface area contributed by atoms with Crippen molar-refractivity contribution in [2.75, 3.05) is 5.32 Å². The maximum Gasteiger partial charge on any atom is 0.337 e. The summed E-state index contributed by atoms with van der Waals surface area (Å²) in [6, 6.07) is 15.0. The average molecular weight is 464 g/mol. The molecule has 33 heavy (non-hydrogen) atoms. The van der Waals surface area contributed by atoms with Crippen LogP contribution in [0.2, 0.25) is 0 Å². The number of amides is 3. The lowest BCUT2D eigenvalue weighted by Crippen LogP contribution is -2.36. The molecule has 0 bridgehead atoms. The zero-order chi connectivity index (χ0) is 23.9. The molecular formula is C23H16N2O7S. The minimum Gasteiger partial charge on any atom is -0.478 e. The summed E-state index contributed by atoms with van der Waals surface area (Å²) in [5.74, 6) is -4.06. The van der Waals surface area contributed by atoms with Gasteiger partial charge in [-0.15, -0.1) is 0 Å². The molecule has 1 aliphatic rings. The van der Waals surface area contributed by atoms with Crippen molar-refractivity contribution < 1.29 is 32.7 Å². The highest BCUT2D eigenvalue weighted by Gasteiger charge is 2.44. The van der Waals surface area contributed by atoms with Crippen molar-refractivity contribution in [3.63, 3.8) is 0 Å². The lowest BCUT2D eigenvalue weighted by molar-refractivity contribution is 0.0695. The van der Waals surface area contributed by atoms with Crippen LogP contribution in [0.25, 0.3) is 0 Å². The molecule has 9 nitrogen and oxygen atoms in total. The number of carbonyl (C=O) groups excluding carboxylic acids is 3. The fraction of sp³-hybridized carbons (Fsp3) is 0.0435. The predicted octanol–water partition coefficient (Wildman–Crippen LogP) is 2.93. The van der Waals surface area contributed by atoms with E-state index < -0.39 is 33.7 Å². The molecule has 0 saturated heterocycles. The molecule has 0 aromatic heterocycles. The van der Waals surface area contributed by atoms with Crippen molar-refractivity contribution in [1.29, 1.82) is 0 Å². The van der Waals surface area contributed by atoms with Crippen molar-refractivity contribution in [3.05, 3.63) is 94.5 Å². The summed E-state index contributed by atoms with van der Waals surface area (Å²) in [4.78, 5) is 49.4. The number of aryl methyl sites for hydroxylation is 1. The molecule has 1 heterocycles. The van der Waals surface area contributed by atoms with E-state index in [4.69, 9.17) is 0 Å². The van der Waals surface area contributed by atoms with E-state index in [9.17, 15) is 32.7 Å². The number of imide groups is 1. The monoisotopic (exact) mass is 464 g/mol. The Morgan fingerprint density at radius 2 is 1.52 bits per heavy atom. The van der Waals surface area contributed by atoms with Gasteiger partial charge in [0.25, 0.3) is 27.7 Å². The van der Waals surface area contributed by atoms with Crippen molar-refractivity contribution in [3.8, 4) is 0 Å². The smallest absolute Gasteiger partial charge is 0.337 e. The van der Waals surface area contributed by atoms with Gasteiger partial charge in [0.05, 0.1) is 27.3 Å². The highest BCUT2D eigenvalue weighted by atomic mass is 32.2. The number of fused-ring (bicyclic) bond motifs is 1. The third kappa shape index (κ3) is 3.76. The van der Waals surface area contributed by atoms with Gasteiger partial charge in [-0.1, -0.05) is 29.8 Å². The largest absolute Gasteiger partial charge is 0.478 e. The molecule has 0 fully saturated rings. The first-order chi connectivity index (χ1) is 15.6. The third-order valence-electron chi connectivity index (χ3n) is 5.08. The Balaban J connectivity index is 1.66. The van der Waals surface area contributed by atoms with Crippen molar-refractivity contribution >= 4 is 39.4 Å². The van der Waals surface area contributed by atoms with Gasteiger partial charge < -0.3 is 10.4 Å². The van der Waals surface area contributed by atoms with E-state index in [1.165, 1.54) is 42.5 Å². The van der Waals surface area contributed by atoms with Crippen LogP contribution in [-0.2, 0) is 10.0 Å². The molecule has 1 aliphatic heterocycles. The highest BCUT2D eigenvalue weighted by Crippen LogP contribution is 2.30. The first kappa shape index (κ1) is 21.9. The van der Waals surface area contributed by atoms with E-state index in [0.717, 1.165) is 11.6 Å². The van der Waals surface area contributed by atoms with E-state index in [-0.39, 0.29) is 37.1 Å². The van der Waals surface area contributed by atoms with Crippen molar-refractivity contribution in [2.45, 2.75) is 11.8 Å². The average Bonchev–Trinajstić information content (AvgIpc) is 3.04. The summed E-state index contributed by atoms with van der Waals surface area (Å²) in [7, 11) is -4.45. The zero-order valence-electron chi connectivity index (χ0n) is 17.1. The molecule has 0 atom stereocenters. The van der Waals surface area contributed by atoms with Crippen LogP contribution >= 0.6 is 0 Å². The Hall–Kier alpha value is -4.31. The van der Waals surface area contributed by atoms with Crippen LogP contribution in [0, 0.1) is 6.92 Å². The van der Waals surface area contributed by atoms with Gasteiger partial charge in [0.1, 0.15) is 0 Å². The van der Waals surface area contributed by atoms with Gasteiger partial charge >= 0.3 is 5.97 Å². The van der Waals surface area contributed by atoms with Gasteiger partial charge in [-0.05, 0) is 49.4 Å². The Kier molecular flexibility index (Phi) is 5.30. The SMILES string of the molecule is Cc1ccc(S(=O)(=O)N2C(=O)c3ccc(C(=O)Nc4ccccc4C(=O)O)cc3C2=O)cc1. The maximum atomic E-state index is 12.9. The molecule has 3 aromatic rings. The molecule has 3 amide bonds. The molecular weight excluding hydrogens is 448 g/mol. The van der Waals surface area contributed by atoms with Gasteiger partial charge in [-0.3, -0.25) is 14.4 Å². The summed E-state index contributed by atoms with van der Waals surface area (Å²) in [5.41, 5.74) is 0.268. The molecule has 10 heteroatoms. The number of hydrogen-bond acceptors (Lipinski definition) is 6. The first-order valence-corrected chi connectivity index (χ1v) is 11.0. The fourth-order valence-electron chi connectivity index (χ4n) is 3.37. The summed E-state index contributed by atoms with van der Waals surface area (Å²) in [6.07, 6.45) is 0. The molecule has 166 valence electrons. The quantitative estimate of drug-likeness (QED) is 0.554. The van der Waals surface area contributed by atoms with Crippen LogP contribution in [0.4, 0.5) is 5.69 Å². The number of carboxylic acid groups (broad SMARTS) is 1. The Labute approximate surface area is 188 Å². The number of nitrogens with one attached hydrogen (secondary N) is 1.